The zero-order valence-corrected chi connectivity index (χ0v) is 15.4. The normalized spacial score (nSPS) is 11.6. The molecule has 0 aliphatic carbocycles. The lowest BCUT2D eigenvalue weighted by Gasteiger charge is -2.20. The molecule has 144 valence electrons. The number of carbonyl (C=O) groups is 3. The fraction of sp³-hybridized carbons (Fsp3) is 0.316. The molecular weight excluding hydrogens is 352 g/mol. The minimum Gasteiger partial charge on any atom is -0.497 e. The van der Waals surface area contributed by atoms with Crippen molar-refractivity contribution in [3.8, 4) is 5.75 Å². The monoisotopic (exact) mass is 374 g/mol. The largest absolute Gasteiger partial charge is 0.497 e. The van der Waals surface area contributed by atoms with Crippen molar-refractivity contribution in [3.05, 3.63) is 48.4 Å². The summed E-state index contributed by atoms with van der Waals surface area (Å²) in [5.41, 5.74) is 0.516. The predicted octanol–water partition coefficient (Wildman–Crippen LogP) is 2.22. The molecule has 0 saturated heterocycles. The minimum absolute atomic E-state index is 0.0872. The number of anilines is 1. The van der Waals surface area contributed by atoms with Crippen molar-refractivity contribution in [1.82, 2.24) is 5.32 Å². The van der Waals surface area contributed by atoms with Crippen LogP contribution in [0.2, 0.25) is 0 Å². The molecule has 0 fully saturated rings. The number of carbonyl (C=O) groups excluding carboxylic acids is 3. The Hall–Kier alpha value is -3.29. The number of methoxy groups -OCH3 is 1. The molecule has 0 aliphatic rings. The van der Waals surface area contributed by atoms with E-state index in [1.807, 2.05) is 0 Å². The number of amides is 2. The second kappa shape index (κ2) is 9.42. The van der Waals surface area contributed by atoms with Gasteiger partial charge in [-0.25, -0.2) is 4.79 Å². The van der Waals surface area contributed by atoms with Gasteiger partial charge in [-0.15, -0.1) is 0 Å². The first-order chi connectivity index (χ1) is 12.9. The van der Waals surface area contributed by atoms with Gasteiger partial charge in [-0.05, 0) is 30.2 Å². The van der Waals surface area contributed by atoms with E-state index in [-0.39, 0.29) is 11.7 Å². The van der Waals surface area contributed by atoms with Crippen molar-refractivity contribution in [1.29, 1.82) is 0 Å². The maximum Gasteiger partial charge on any atom is 0.329 e. The Labute approximate surface area is 156 Å². The maximum absolute atomic E-state index is 12.3. The summed E-state index contributed by atoms with van der Waals surface area (Å²) in [5, 5.41) is 5.16. The third kappa shape index (κ3) is 5.88. The zero-order chi connectivity index (χ0) is 19.8. The number of hydrogen-bond donors (Lipinski definition) is 2. The highest BCUT2D eigenvalue weighted by Crippen LogP contribution is 2.16. The Morgan fingerprint density at radius 2 is 1.93 bits per heavy atom. The molecule has 2 amide bonds. The zero-order valence-electron chi connectivity index (χ0n) is 15.4. The maximum atomic E-state index is 12.3. The number of ether oxygens (including phenoxy) is 2. The quantitative estimate of drug-likeness (QED) is 0.686. The molecule has 0 radical (unpaired) electrons. The van der Waals surface area contributed by atoms with E-state index in [1.54, 1.807) is 44.2 Å². The van der Waals surface area contributed by atoms with Gasteiger partial charge in [0.2, 0.25) is 0 Å². The van der Waals surface area contributed by atoms with Crippen LogP contribution in [-0.2, 0) is 14.3 Å². The number of rotatable bonds is 8. The van der Waals surface area contributed by atoms with Crippen LogP contribution < -0.4 is 15.4 Å². The molecule has 8 heteroatoms. The van der Waals surface area contributed by atoms with E-state index < -0.39 is 30.4 Å². The van der Waals surface area contributed by atoms with E-state index in [4.69, 9.17) is 13.9 Å². The van der Waals surface area contributed by atoms with Crippen LogP contribution in [0.4, 0.5) is 5.69 Å². The Balaban J connectivity index is 1.89. The lowest BCUT2D eigenvalue weighted by Crippen LogP contribution is -2.45. The van der Waals surface area contributed by atoms with Crippen LogP contribution >= 0.6 is 0 Å². The molecule has 1 heterocycles. The Bertz CT molecular complexity index is 785. The van der Waals surface area contributed by atoms with Gasteiger partial charge in [0.1, 0.15) is 11.8 Å². The summed E-state index contributed by atoms with van der Waals surface area (Å²) in [7, 11) is 1.52. The molecule has 2 aromatic rings. The lowest BCUT2D eigenvalue weighted by molar-refractivity contribution is -0.150. The van der Waals surface area contributed by atoms with Crippen LogP contribution in [-0.4, -0.2) is 37.5 Å². The smallest absolute Gasteiger partial charge is 0.329 e. The second-order valence-electron chi connectivity index (χ2n) is 6.06. The van der Waals surface area contributed by atoms with Gasteiger partial charge in [0.05, 0.1) is 13.4 Å². The standard InChI is InChI=1S/C19H22N2O6/c1-12(2)17(21-18(23)15-8-5-9-26-15)19(24)27-11-16(22)20-13-6-4-7-14(10-13)25-3/h4-10,12,17H,11H2,1-3H3,(H,20,22)(H,21,23). The number of benzene rings is 1. The molecule has 2 N–H and O–H groups in total. The summed E-state index contributed by atoms with van der Waals surface area (Å²) in [6.45, 7) is 3.03. The Morgan fingerprint density at radius 3 is 2.56 bits per heavy atom. The summed E-state index contributed by atoms with van der Waals surface area (Å²) in [6, 6.07) is 8.93. The van der Waals surface area contributed by atoms with Crippen LogP contribution in [0.3, 0.4) is 0 Å². The van der Waals surface area contributed by atoms with Crippen LogP contribution in [0.15, 0.2) is 47.1 Å². The summed E-state index contributed by atoms with van der Waals surface area (Å²) in [5.74, 6) is -1.30. The second-order valence-corrected chi connectivity index (χ2v) is 6.06. The van der Waals surface area contributed by atoms with Crippen molar-refractivity contribution in [2.24, 2.45) is 5.92 Å². The number of furan rings is 1. The van der Waals surface area contributed by atoms with Crippen LogP contribution in [0.25, 0.3) is 0 Å². The molecule has 0 aliphatic heterocycles. The molecule has 0 saturated carbocycles. The minimum atomic E-state index is -0.910. The Kier molecular flexibility index (Phi) is 6.99. The molecule has 1 aromatic heterocycles. The average Bonchev–Trinajstić information content (AvgIpc) is 3.18. The van der Waals surface area contributed by atoms with Crippen molar-refractivity contribution in [2.45, 2.75) is 19.9 Å². The van der Waals surface area contributed by atoms with Gasteiger partial charge in [0, 0.05) is 11.8 Å². The molecule has 0 bridgehead atoms. The molecule has 1 aromatic carbocycles. The molecule has 1 atom stereocenters. The molecule has 27 heavy (non-hydrogen) atoms. The van der Waals surface area contributed by atoms with Gasteiger partial charge in [-0.1, -0.05) is 19.9 Å². The van der Waals surface area contributed by atoms with Crippen molar-refractivity contribution >= 4 is 23.5 Å². The molecule has 1 unspecified atom stereocenters. The van der Waals surface area contributed by atoms with Crippen molar-refractivity contribution in [3.63, 3.8) is 0 Å². The summed E-state index contributed by atoms with van der Waals surface area (Å²) >= 11 is 0. The van der Waals surface area contributed by atoms with E-state index in [0.717, 1.165) is 0 Å². The summed E-state index contributed by atoms with van der Waals surface area (Å²) in [4.78, 5) is 36.3. The van der Waals surface area contributed by atoms with Gasteiger partial charge in [0.25, 0.3) is 11.8 Å². The van der Waals surface area contributed by atoms with Crippen molar-refractivity contribution < 1.29 is 28.3 Å². The summed E-state index contributed by atoms with van der Waals surface area (Å²) < 4.78 is 15.1. The van der Waals surface area contributed by atoms with E-state index in [9.17, 15) is 14.4 Å². The number of esters is 1. The highest BCUT2D eigenvalue weighted by molar-refractivity contribution is 5.96. The van der Waals surface area contributed by atoms with Gasteiger partial charge < -0.3 is 24.5 Å². The SMILES string of the molecule is COc1cccc(NC(=O)COC(=O)C(NC(=O)c2ccco2)C(C)C)c1. The first-order valence-electron chi connectivity index (χ1n) is 8.35. The van der Waals surface area contributed by atoms with Crippen LogP contribution in [0, 0.1) is 5.92 Å². The van der Waals surface area contributed by atoms with E-state index in [1.165, 1.54) is 19.4 Å². The first kappa shape index (κ1) is 20.0. The topological polar surface area (TPSA) is 107 Å². The number of hydrogen-bond acceptors (Lipinski definition) is 6. The molecular formula is C19H22N2O6. The van der Waals surface area contributed by atoms with E-state index >= 15 is 0 Å². The first-order valence-corrected chi connectivity index (χ1v) is 8.35. The molecule has 0 spiro atoms. The van der Waals surface area contributed by atoms with Gasteiger partial charge in [0.15, 0.2) is 12.4 Å². The van der Waals surface area contributed by atoms with Crippen molar-refractivity contribution in [2.75, 3.05) is 19.0 Å². The van der Waals surface area contributed by atoms with E-state index in [2.05, 4.69) is 10.6 Å². The molecule has 8 nitrogen and oxygen atoms in total. The van der Waals surface area contributed by atoms with E-state index in [0.29, 0.717) is 11.4 Å². The highest BCUT2D eigenvalue weighted by atomic mass is 16.5. The fourth-order valence-corrected chi connectivity index (χ4v) is 2.24. The van der Waals surface area contributed by atoms with Gasteiger partial charge in [-0.3, -0.25) is 9.59 Å². The van der Waals surface area contributed by atoms with Crippen LogP contribution in [0.1, 0.15) is 24.4 Å². The third-order valence-corrected chi connectivity index (χ3v) is 3.65. The average molecular weight is 374 g/mol. The highest BCUT2D eigenvalue weighted by Gasteiger charge is 2.27. The molecule has 2 rings (SSSR count). The summed E-state index contributed by atoms with van der Waals surface area (Å²) in [6.07, 6.45) is 1.36. The third-order valence-electron chi connectivity index (χ3n) is 3.65. The van der Waals surface area contributed by atoms with Gasteiger partial charge >= 0.3 is 5.97 Å². The Morgan fingerprint density at radius 1 is 1.15 bits per heavy atom. The predicted molar refractivity (Wildman–Crippen MR) is 97.4 cm³/mol. The number of nitrogens with one attached hydrogen (secondary N) is 2. The fourth-order valence-electron chi connectivity index (χ4n) is 2.24. The van der Waals surface area contributed by atoms with Crippen LogP contribution in [0.5, 0.6) is 5.75 Å². The lowest BCUT2D eigenvalue weighted by atomic mass is 10.0. The van der Waals surface area contributed by atoms with Gasteiger partial charge in [-0.2, -0.15) is 0 Å².